The van der Waals surface area contributed by atoms with Crippen molar-refractivity contribution in [3.05, 3.63) is 47.2 Å². The van der Waals surface area contributed by atoms with Gasteiger partial charge in [0.1, 0.15) is 11.6 Å². The molecule has 0 spiro atoms. The molecule has 150 valence electrons. The van der Waals surface area contributed by atoms with E-state index in [9.17, 15) is 14.9 Å². The Hall–Kier alpha value is -2.85. The summed E-state index contributed by atoms with van der Waals surface area (Å²) in [4.78, 5) is 28.2. The van der Waals surface area contributed by atoms with Crippen molar-refractivity contribution in [2.24, 2.45) is 0 Å². The molecule has 0 aliphatic carbocycles. The van der Waals surface area contributed by atoms with E-state index in [1.165, 1.54) is 6.20 Å². The summed E-state index contributed by atoms with van der Waals surface area (Å²) in [6, 6.07) is 9.17. The maximum absolute atomic E-state index is 12.6. The first-order valence-electron chi connectivity index (χ1n) is 9.51. The van der Waals surface area contributed by atoms with E-state index in [-0.39, 0.29) is 23.5 Å². The van der Waals surface area contributed by atoms with Crippen LogP contribution in [0.5, 0.6) is 0 Å². The normalized spacial score (nSPS) is 15.6. The molecular weight excluding hydrogens is 356 g/mol. The van der Waals surface area contributed by atoms with Gasteiger partial charge in [0, 0.05) is 25.8 Å². The molecule has 1 saturated heterocycles. The van der Waals surface area contributed by atoms with Gasteiger partial charge in [-0.1, -0.05) is 12.1 Å². The molecule has 0 atom stereocenters. The number of hydrogen-bond acceptors (Lipinski definition) is 6. The van der Waals surface area contributed by atoms with Crippen LogP contribution in [0.2, 0.25) is 0 Å². The van der Waals surface area contributed by atoms with Crippen molar-refractivity contribution in [2.75, 3.05) is 33.8 Å². The molecular formula is C21H28N4O3. The van der Waals surface area contributed by atoms with Gasteiger partial charge in [-0.25, -0.2) is 4.79 Å². The van der Waals surface area contributed by atoms with Crippen molar-refractivity contribution < 1.29 is 14.3 Å². The molecule has 7 nitrogen and oxygen atoms in total. The number of likely N-dealkylation sites (N-methyl/N-ethyl adjacent to an activating group) is 1. The zero-order valence-corrected chi connectivity index (χ0v) is 16.8. The first-order chi connectivity index (χ1) is 13.5. The highest BCUT2D eigenvalue weighted by Crippen LogP contribution is 2.16. The molecule has 0 aromatic heterocycles. The van der Waals surface area contributed by atoms with E-state index in [1.54, 1.807) is 31.0 Å². The van der Waals surface area contributed by atoms with Crippen LogP contribution in [0.25, 0.3) is 0 Å². The lowest BCUT2D eigenvalue weighted by Crippen LogP contribution is -2.45. The van der Waals surface area contributed by atoms with E-state index < -0.39 is 0 Å². The number of ether oxygens (including phenoxy) is 1. The Morgan fingerprint density at radius 3 is 2.54 bits per heavy atom. The van der Waals surface area contributed by atoms with Crippen molar-refractivity contribution in [2.45, 2.75) is 32.4 Å². The van der Waals surface area contributed by atoms with Crippen molar-refractivity contribution >= 4 is 11.9 Å². The quantitative estimate of drug-likeness (QED) is 0.439. The Morgan fingerprint density at radius 1 is 1.32 bits per heavy atom. The lowest BCUT2D eigenvalue weighted by atomic mass is 10.0. The number of amides is 1. The van der Waals surface area contributed by atoms with Gasteiger partial charge in [0.2, 0.25) is 0 Å². The zero-order chi connectivity index (χ0) is 20.5. The first-order valence-corrected chi connectivity index (χ1v) is 9.51. The van der Waals surface area contributed by atoms with Crippen LogP contribution in [0.4, 0.5) is 0 Å². The van der Waals surface area contributed by atoms with Crippen LogP contribution < -0.4 is 5.32 Å². The number of likely N-dealkylation sites (tertiary alicyclic amines) is 1. The monoisotopic (exact) mass is 384 g/mol. The van der Waals surface area contributed by atoms with Gasteiger partial charge in [-0.05, 0) is 57.6 Å². The fraction of sp³-hybridized carbons (Fsp3) is 0.476. The van der Waals surface area contributed by atoms with E-state index in [1.807, 2.05) is 18.2 Å². The third kappa shape index (κ3) is 5.83. The van der Waals surface area contributed by atoms with Gasteiger partial charge in [0.25, 0.3) is 5.91 Å². The summed E-state index contributed by atoms with van der Waals surface area (Å²) in [6.45, 7) is 4.45. The third-order valence-electron chi connectivity index (χ3n) is 4.92. The van der Waals surface area contributed by atoms with Crippen LogP contribution in [0.3, 0.4) is 0 Å². The zero-order valence-electron chi connectivity index (χ0n) is 16.8. The van der Waals surface area contributed by atoms with E-state index >= 15 is 0 Å². The highest BCUT2D eigenvalue weighted by atomic mass is 16.5. The van der Waals surface area contributed by atoms with Crippen LogP contribution in [-0.2, 0) is 16.1 Å². The molecule has 1 aromatic carbocycles. The summed E-state index contributed by atoms with van der Waals surface area (Å²) in [5.74, 6) is -0.613. The van der Waals surface area contributed by atoms with Crippen LogP contribution in [0.1, 0.15) is 35.7 Å². The van der Waals surface area contributed by atoms with Gasteiger partial charge >= 0.3 is 5.97 Å². The molecule has 1 N–H and O–H groups in total. The van der Waals surface area contributed by atoms with E-state index in [2.05, 4.69) is 17.3 Å². The molecule has 2 rings (SSSR count). The predicted octanol–water partition coefficient (Wildman–Crippen LogP) is 1.91. The van der Waals surface area contributed by atoms with Crippen LogP contribution in [0, 0.1) is 11.3 Å². The minimum atomic E-state index is -0.351. The smallest absolute Gasteiger partial charge is 0.338 e. The van der Waals surface area contributed by atoms with Gasteiger partial charge in [0.15, 0.2) is 0 Å². The number of carbonyl (C=O) groups is 2. The van der Waals surface area contributed by atoms with Crippen LogP contribution >= 0.6 is 0 Å². The van der Waals surface area contributed by atoms with Crippen molar-refractivity contribution in [1.82, 2.24) is 15.1 Å². The summed E-state index contributed by atoms with van der Waals surface area (Å²) >= 11 is 0. The SMILES string of the molecule is CCOC(=O)c1ccc(CN/C=C(/C#N)C(=O)N(C)C2CCN(C)CC2)cc1. The molecule has 1 aliphatic heterocycles. The number of piperidine rings is 1. The summed E-state index contributed by atoms with van der Waals surface area (Å²) in [7, 11) is 3.83. The van der Waals surface area contributed by atoms with Gasteiger partial charge in [-0.15, -0.1) is 0 Å². The average Bonchev–Trinajstić information content (AvgIpc) is 2.71. The number of nitriles is 1. The van der Waals surface area contributed by atoms with E-state index in [0.29, 0.717) is 18.7 Å². The second-order valence-corrected chi connectivity index (χ2v) is 6.92. The summed E-state index contributed by atoms with van der Waals surface area (Å²) in [6.07, 6.45) is 3.29. The van der Waals surface area contributed by atoms with Crippen LogP contribution in [-0.4, -0.2) is 61.5 Å². The number of carbonyl (C=O) groups excluding carboxylic acids is 2. The maximum atomic E-state index is 12.6. The van der Waals surface area contributed by atoms with E-state index in [4.69, 9.17) is 4.74 Å². The standard InChI is InChI=1S/C21H28N4O3/c1-4-28-21(27)17-7-5-16(6-8-17)14-23-15-18(13-22)20(26)25(3)19-9-11-24(2)12-10-19/h5-8,15,19,23H,4,9-12,14H2,1-3H3/b18-15-. The van der Waals surface area contributed by atoms with Gasteiger partial charge in [-0.2, -0.15) is 5.26 Å². The number of benzene rings is 1. The van der Waals surface area contributed by atoms with Crippen LogP contribution in [0.15, 0.2) is 36.0 Å². The van der Waals surface area contributed by atoms with Crippen molar-refractivity contribution in [3.63, 3.8) is 0 Å². The molecule has 1 heterocycles. The second-order valence-electron chi connectivity index (χ2n) is 6.92. The Kier molecular flexibility index (Phi) is 8.02. The third-order valence-corrected chi connectivity index (χ3v) is 4.92. The Morgan fingerprint density at radius 2 is 1.96 bits per heavy atom. The maximum Gasteiger partial charge on any atom is 0.338 e. The molecule has 0 radical (unpaired) electrons. The molecule has 0 unspecified atom stereocenters. The van der Waals surface area contributed by atoms with Gasteiger partial charge < -0.3 is 19.9 Å². The number of nitrogens with zero attached hydrogens (tertiary/aromatic N) is 3. The Balaban J connectivity index is 1.91. The second kappa shape index (κ2) is 10.5. The predicted molar refractivity (Wildman–Crippen MR) is 106 cm³/mol. The molecule has 28 heavy (non-hydrogen) atoms. The Bertz CT molecular complexity index is 744. The minimum Gasteiger partial charge on any atom is -0.462 e. The summed E-state index contributed by atoms with van der Waals surface area (Å²) in [5.41, 5.74) is 1.51. The van der Waals surface area contributed by atoms with Gasteiger partial charge in [-0.3, -0.25) is 4.79 Å². The molecule has 1 aliphatic rings. The molecule has 0 bridgehead atoms. The number of hydrogen-bond donors (Lipinski definition) is 1. The topological polar surface area (TPSA) is 85.7 Å². The fourth-order valence-electron chi connectivity index (χ4n) is 3.12. The lowest BCUT2D eigenvalue weighted by molar-refractivity contribution is -0.128. The van der Waals surface area contributed by atoms with Crippen molar-refractivity contribution in [3.8, 4) is 6.07 Å². The first kappa shape index (κ1) is 21.5. The van der Waals surface area contributed by atoms with Gasteiger partial charge in [0.05, 0.1) is 12.2 Å². The largest absolute Gasteiger partial charge is 0.462 e. The summed E-state index contributed by atoms with van der Waals surface area (Å²) < 4.78 is 4.95. The highest BCUT2D eigenvalue weighted by molar-refractivity contribution is 5.97. The molecule has 1 fully saturated rings. The highest BCUT2D eigenvalue weighted by Gasteiger charge is 2.25. The Labute approximate surface area is 166 Å². The average molecular weight is 384 g/mol. The number of nitrogens with one attached hydrogen (secondary N) is 1. The number of rotatable bonds is 7. The molecule has 0 saturated carbocycles. The fourth-order valence-corrected chi connectivity index (χ4v) is 3.12. The minimum absolute atomic E-state index is 0.0876. The molecule has 1 aromatic rings. The molecule has 7 heteroatoms. The number of esters is 1. The molecule has 1 amide bonds. The van der Waals surface area contributed by atoms with E-state index in [0.717, 1.165) is 31.5 Å². The summed E-state index contributed by atoms with van der Waals surface area (Å²) in [5, 5.41) is 12.4. The van der Waals surface area contributed by atoms with Crippen molar-refractivity contribution in [1.29, 1.82) is 5.26 Å². The lowest BCUT2D eigenvalue weighted by Gasteiger charge is -2.34.